The Morgan fingerprint density at radius 3 is 2.65 bits per heavy atom. The molecule has 1 aliphatic carbocycles. The van der Waals surface area contributed by atoms with Crippen LogP contribution in [0.15, 0.2) is 24.3 Å². The van der Waals surface area contributed by atoms with Crippen molar-refractivity contribution in [2.45, 2.75) is 39.0 Å². The highest BCUT2D eigenvalue weighted by Gasteiger charge is 2.28. The molecule has 134 valence electrons. The first-order chi connectivity index (χ1) is 12.5. The van der Waals surface area contributed by atoms with Gasteiger partial charge in [-0.05, 0) is 56.4 Å². The van der Waals surface area contributed by atoms with E-state index >= 15 is 0 Å². The molecular weight excluding hydrogens is 349 g/mol. The molecule has 4 nitrogen and oxygen atoms in total. The summed E-state index contributed by atoms with van der Waals surface area (Å²) in [4.78, 5) is 23.5. The van der Waals surface area contributed by atoms with E-state index in [9.17, 15) is 9.18 Å². The van der Waals surface area contributed by atoms with E-state index in [0.717, 1.165) is 45.7 Å². The molecule has 0 spiro atoms. The first-order valence-corrected chi connectivity index (χ1v) is 9.65. The van der Waals surface area contributed by atoms with Gasteiger partial charge in [0, 0.05) is 17.8 Å². The Hall–Kier alpha value is -2.34. The topological polar surface area (TPSA) is 54.9 Å². The van der Waals surface area contributed by atoms with E-state index < -0.39 is 0 Å². The number of nitrogens with zero attached hydrogens (tertiary/aromatic N) is 2. The minimum atomic E-state index is -0.249. The number of rotatable bonds is 5. The van der Waals surface area contributed by atoms with Crippen molar-refractivity contribution in [2.75, 3.05) is 6.54 Å². The number of hydrogen-bond donors (Lipinski definition) is 1. The molecule has 0 bridgehead atoms. The number of hydrogen-bond acceptors (Lipinski definition) is 4. The molecule has 2 heterocycles. The van der Waals surface area contributed by atoms with Crippen molar-refractivity contribution in [2.24, 2.45) is 0 Å². The van der Waals surface area contributed by atoms with Gasteiger partial charge in [-0.2, -0.15) is 0 Å². The molecule has 0 aliphatic heterocycles. The molecule has 1 aliphatic rings. The average molecular weight is 369 g/mol. The lowest BCUT2D eigenvalue weighted by atomic mass is 10.1. The molecule has 0 radical (unpaired) electrons. The number of benzene rings is 1. The Kier molecular flexibility index (Phi) is 4.44. The van der Waals surface area contributed by atoms with Gasteiger partial charge in [0.15, 0.2) is 0 Å². The highest BCUT2D eigenvalue weighted by atomic mass is 32.1. The van der Waals surface area contributed by atoms with Crippen LogP contribution >= 0.6 is 11.3 Å². The van der Waals surface area contributed by atoms with Crippen LogP contribution in [0, 0.1) is 19.7 Å². The van der Waals surface area contributed by atoms with Gasteiger partial charge in [0.05, 0.1) is 10.6 Å². The van der Waals surface area contributed by atoms with Crippen molar-refractivity contribution < 1.29 is 9.18 Å². The van der Waals surface area contributed by atoms with Gasteiger partial charge >= 0.3 is 0 Å². The monoisotopic (exact) mass is 369 g/mol. The zero-order valence-corrected chi connectivity index (χ0v) is 15.6. The van der Waals surface area contributed by atoms with Crippen LogP contribution in [0.3, 0.4) is 0 Å². The standard InChI is InChI=1S/C20H20FN3OS/c1-11-16-12(2)23-18(14-5-6-14)24-20(16)26-17(11)19(25)22-10-9-13-3-7-15(21)8-4-13/h3-4,7-8,14H,5-6,9-10H2,1-2H3,(H,22,25). The normalized spacial score (nSPS) is 14.0. The van der Waals surface area contributed by atoms with Gasteiger partial charge in [0.2, 0.25) is 0 Å². The number of amides is 1. The molecule has 3 aromatic rings. The number of carbonyl (C=O) groups is 1. The predicted molar refractivity (Wildman–Crippen MR) is 101 cm³/mol. The Morgan fingerprint density at radius 1 is 1.23 bits per heavy atom. The smallest absolute Gasteiger partial charge is 0.261 e. The Balaban J connectivity index is 1.50. The Labute approximate surface area is 155 Å². The van der Waals surface area contributed by atoms with Crippen molar-refractivity contribution in [3.63, 3.8) is 0 Å². The number of aromatic nitrogens is 2. The number of thiophene rings is 1. The molecule has 0 atom stereocenters. The molecule has 1 fully saturated rings. The first-order valence-electron chi connectivity index (χ1n) is 8.83. The first kappa shape index (κ1) is 17.1. The summed E-state index contributed by atoms with van der Waals surface area (Å²) in [5, 5.41) is 3.97. The summed E-state index contributed by atoms with van der Waals surface area (Å²) >= 11 is 1.44. The molecule has 4 rings (SSSR count). The molecule has 0 saturated heterocycles. The van der Waals surface area contributed by atoms with Crippen molar-refractivity contribution >= 4 is 27.5 Å². The maximum Gasteiger partial charge on any atom is 0.261 e. The number of aryl methyl sites for hydroxylation is 2. The summed E-state index contributed by atoms with van der Waals surface area (Å²) in [7, 11) is 0. The zero-order valence-electron chi connectivity index (χ0n) is 14.8. The molecule has 1 amide bonds. The second kappa shape index (κ2) is 6.76. The Bertz CT molecular complexity index is 977. The van der Waals surface area contributed by atoms with E-state index in [2.05, 4.69) is 15.3 Å². The fourth-order valence-electron chi connectivity index (χ4n) is 3.15. The van der Waals surface area contributed by atoms with Crippen LogP contribution in [-0.4, -0.2) is 22.4 Å². The number of halogens is 1. The summed E-state index contributed by atoms with van der Waals surface area (Å²) in [6.45, 7) is 4.46. The van der Waals surface area contributed by atoms with E-state index in [1.807, 2.05) is 13.8 Å². The minimum Gasteiger partial charge on any atom is -0.351 e. The van der Waals surface area contributed by atoms with Crippen molar-refractivity contribution in [3.8, 4) is 0 Å². The highest BCUT2D eigenvalue weighted by Crippen LogP contribution is 2.40. The van der Waals surface area contributed by atoms with Crippen LogP contribution in [-0.2, 0) is 6.42 Å². The van der Waals surface area contributed by atoms with Gasteiger partial charge in [0.25, 0.3) is 5.91 Å². The van der Waals surface area contributed by atoms with Crippen LogP contribution in [0.1, 0.15) is 51.1 Å². The molecule has 0 unspecified atom stereocenters. The average Bonchev–Trinajstić information content (AvgIpc) is 3.40. The largest absolute Gasteiger partial charge is 0.351 e. The van der Waals surface area contributed by atoms with Crippen LogP contribution in [0.5, 0.6) is 0 Å². The van der Waals surface area contributed by atoms with Gasteiger partial charge in [-0.25, -0.2) is 14.4 Å². The number of carbonyl (C=O) groups excluding carboxylic acids is 1. The van der Waals surface area contributed by atoms with Gasteiger partial charge in [-0.15, -0.1) is 11.3 Å². The summed E-state index contributed by atoms with van der Waals surface area (Å²) in [6, 6.07) is 6.35. The molecular formula is C20H20FN3OS. The van der Waals surface area contributed by atoms with E-state index in [4.69, 9.17) is 0 Å². The van der Waals surface area contributed by atoms with Crippen molar-refractivity contribution in [3.05, 3.63) is 57.6 Å². The number of nitrogens with one attached hydrogen (secondary N) is 1. The van der Waals surface area contributed by atoms with Crippen LogP contribution in [0.25, 0.3) is 10.2 Å². The fraction of sp³-hybridized carbons (Fsp3) is 0.350. The van der Waals surface area contributed by atoms with E-state index in [1.54, 1.807) is 12.1 Å². The molecule has 1 aromatic carbocycles. The third-order valence-corrected chi connectivity index (χ3v) is 5.93. The van der Waals surface area contributed by atoms with Crippen LogP contribution in [0.2, 0.25) is 0 Å². The van der Waals surface area contributed by atoms with E-state index in [0.29, 0.717) is 23.8 Å². The molecule has 6 heteroatoms. The SMILES string of the molecule is Cc1nc(C2CC2)nc2sc(C(=O)NCCc3ccc(F)cc3)c(C)c12. The van der Waals surface area contributed by atoms with E-state index in [1.165, 1.54) is 23.5 Å². The van der Waals surface area contributed by atoms with Gasteiger partial charge in [0.1, 0.15) is 16.5 Å². The quantitative estimate of drug-likeness (QED) is 0.730. The summed E-state index contributed by atoms with van der Waals surface area (Å²) < 4.78 is 12.9. The van der Waals surface area contributed by atoms with Gasteiger partial charge in [-0.1, -0.05) is 12.1 Å². The van der Waals surface area contributed by atoms with Crippen molar-refractivity contribution in [1.29, 1.82) is 0 Å². The number of fused-ring (bicyclic) bond motifs is 1. The van der Waals surface area contributed by atoms with Crippen LogP contribution in [0.4, 0.5) is 4.39 Å². The molecule has 1 saturated carbocycles. The summed E-state index contributed by atoms with van der Waals surface area (Å²) in [5.74, 6) is 1.08. The fourth-order valence-corrected chi connectivity index (χ4v) is 4.31. The molecule has 2 aromatic heterocycles. The Morgan fingerprint density at radius 2 is 1.96 bits per heavy atom. The second-order valence-corrected chi connectivity index (χ2v) is 7.81. The maximum atomic E-state index is 12.9. The van der Waals surface area contributed by atoms with Crippen molar-refractivity contribution in [1.82, 2.24) is 15.3 Å². The maximum absolute atomic E-state index is 12.9. The minimum absolute atomic E-state index is 0.0833. The molecule has 26 heavy (non-hydrogen) atoms. The summed E-state index contributed by atoms with van der Waals surface area (Å²) in [5.41, 5.74) is 2.90. The van der Waals surface area contributed by atoms with Crippen LogP contribution < -0.4 is 5.32 Å². The second-order valence-electron chi connectivity index (χ2n) is 6.81. The molecule has 1 N–H and O–H groups in total. The lowest BCUT2D eigenvalue weighted by Gasteiger charge is -2.05. The van der Waals surface area contributed by atoms with Gasteiger partial charge < -0.3 is 5.32 Å². The summed E-state index contributed by atoms with van der Waals surface area (Å²) in [6.07, 6.45) is 2.98. The lowest BCUT2D eigenvalue weighted by Crippen LogP contribution is -2.25. The zero-order chi connectivity index (χ0) is 18.3. The highest BCUT2D eigenvalue weighted by molar-refractivity contribution is 7.20. The van der Waals surface area contributed by atoms with Gasteiger partial charge in [-0.3, -0.25) is 4.79 Å². The predicted octanol–water partition coefficient (Wildman–Crippen LogP) is 4.30. The van der Waals surface area contributed by atoms with E-state index in [-0.39, 0.29) is 11.7 Å². The lowest BCUT2D eigenvalue weighted by molar-refractivity contribution is 0.0957. The third-order valence-electron chi connectivity index (χ3n) is 4.75. The third kappa shape index (κ3) is 3.33.